The number of hydrogen-bond acceptors (Lipinski definition) is 6. The summed E-state index contributed by atoms with van der Waals surface area (Å²) in [4.78, 5) is 47.9. The highest BCUT2D eigenvalue weighted by atomic mass is 16.5. The number of amides is 4. The van der Waals surface area contributed by atoms with Crippen molar-refractivity contribution < 1.29 is 19.1 Å². The summed E-state index contributed by atoms with van der Waals surface area (Å²) < 4.78 is 5.54. The molecule has 3 aliphatic heterocycles. The van der Waals surface area contributed by atoms with E-state index in [9.17, 15) is 14.4 Å². The normalized spacial score (nSPS) is 18.9. The van der Waals surface area contributed by atoms with Gasteiger partial charge in [-0.25, -0.2) is 4.79 Å². The number of morpholine rings is 1. The number of nitrogen functional groups attached to an aromatic ring is 1. The molecule has 256 valence electrons. The number of urea groups is 1. The molecule has 3 heterocycles. The van der Waals surface area contributed by atoms with Crippen molar-refractivity contribution in [2.24, 2.45) is 0 Å². The number of nitrogens with two attached hydrogens (primary N) is 1. The van der Waals surface area contributed by atoms with Crippen molar-refractivity contribution >= 4 is 24.0 Å². The third-order valence-electron chi connectivity index (χ3n) is 10.5. The van der Waals surface area contributed by atoms with Crippen molar-refractivity contribution in [3.63, 3.8) is 0 Å². The molecule has 3 saturated heterocycles. The molecule has 0 saturated carbocycles. The van der Waals surface area contributed by atoms with Gasteiger partial charge in [-0.1, -0.05) is 50.2 Å². The van der Waals surface area contributed by atoms with E-state index in [0.29, 0.717) is 64.4 Å². The lowest BCUT2D eigenvalue weighted by Crippen LogP contribution is -2.57. The summed E-state index contributed by atoms with van der Waals surface area (Å²) in [6.07, 6.45) is 7.25. The summed E-state index contributed by atoms with van der Waals surface area (Å²) in [5.74, 6) is -0.00130. The van der Waals surface area contributed by atoms with Crippen LogP contribution in [0, 0.1) is 0 Å². The van der Waals surface area contributed by atoms with Crippen LogP contribution < -0.4 is 11.1 Å². The Labute approximate surface area is 280 Å². The molecular weight excluding hydrogens is 592 g/mol. The number of nitrogens with one attached hydrogen (secondary N) is 1. The lowest BCUT2D eigenvalue weighted by Gasteiger charge is -2.41. The Bertz CT molecular complexity index is 1330. The highest BCUT2D eigenvalue weighted by Crippen LogP contribution is 2.22. The molecule has 0 aliphatic carbocycles. The molecule has 10 nitrogen and oxygen atoms in total. The van der Waals surface area contributed by atoms with Crippen LogP contribution in [0.15, 0.2) is 42.5 Å². The lowest BCUT2D eigenvalue weighted by atomic mass is 9.95. The first-order valence-electron chi connectivity index (χ1n) is 17.7. The minimum Gasteiger partial charge on any atom is -0.399 e. The van der Waals surface area contributed by atoms with Crippen LogP contribution in [0.1, 0.15) is 61.8 Å². The Hall–Kier alpha value is -3.63. The molecule has 10 heteroatoms. The maximum Gasteiger partial charge on any atom is 0.318 e. The van der Waals surface area contributed by atoms with Crippen LogP contribution in [0.3, 0.4) is 0 Å². The standard InChI is InChI=1S/C37H54N6O4/c1-3-29-10-9-28(25-30(29)4-2)26-35(36(45)41-17-12-32(13-18-41)40-21-23-47-24-22-40)39-37(46)42-19-14-33(15-20-42)43(27-44)16-11-31-7-5-6-8-34(31)38/h5-10,25,27,32-33,35H,3-4,11-24,26,38H2,1-2H3,(H,39,46)/t35-/m1/s1. The van der Waals surface area contributed by atoms with E-state index in [1.54, 1.807) is 4.90 Å². The van der Waals surface area contributed by atoms with Crippen molar-refractivity contribution in [1.82, 2.24) is 24.9 Å². The van der Waals surface area contributed by atoms with Crippen LogP contribution in [0.2, 0.25) is 0 Å². The van der Waals surface area contributed by atoms with E-state index in [1.807, 2.05) is 34.1 Å². The summed E-state index contributed by atoms with van der Waals surface area (Å²) in [5, 5.41) is 3.16. The predicted octanol–water partition coefficient (Wildman–Crippen LogP) is 3.50. The van der Waals surface area contributed by atoms with Crippen molar-refractivity contribution in [3.8, 4) is 0 Å². The van der Waals surface area contributed by atoms with E-state index in [1.165, 1.54) is 11.1 Å². The van der Waals surface area contributed by atoms with Crippen LogP contribution in [0.5, 0.6) is 0 Å². The fourth-order valence-electron chi connectivity index (χ4n) is 7.50. The molecule has 2 aromatic carbocycles. The SMILES string of the molecule is CCc1ccc(C[C@@H](NC(=O)N2CCC(N(C=O)CCc3ccccc3N)CC2)C(=O)N2CCC(N3CCOCC3)CC2)cc1CC. The fourth-order valence-corrected chi connectivity index (χ4v) is 7.50. The average molecular weight is 647 g/mol. The number of hydrogen-bond donors (Lipinski definition) is 2. The summed E-state index contributed by atoms with van der Waals surface area (Å²) in [6, 6.07) is 13.9. The molecule has 0 aromatic heterocycles. The number of benzene rings is 2. The number of aryl methyl sites for hydroxylation is 2. The van der Waals surface area contributed by atoms with Crippen molar-refractivity contribution in [2.75, 3.05) is 64.8 Å². The van der Waals surface area contributed by atoms with E-state index < -0.39 is 6.04 Å². The van der Waals surface area contributed by atoms with Gasteiger partial charge in [-0.2, -0.15) is 0 Å². The summed E-state index contributed by atoms with van der Waals surface area (Å²) in [5.41, 5.74) is 11.6. The summed E-state index contributed by atoms with van der Waals surface area (Å²) in [6.45, 7) is 10.8. The zero-order chi connectivity index (χ0) is 33.2. The number of ether oxygens (including phenoxy) is 1. The second-order valence-electron chi connectivity index (χ2n) is 13.2. The van der Waals surface area contributed by atoms with Gasteiger partial charge in [0.2, 0.25) is 12.3 Å². The molecule has 0 spiro atoms. The van der Waals surface area contributed by atoms with Gasteiger partial charge in [0.05, 0.1) is 13.2 Å². The Morgan fingerprint density at radius 2 is 1.60 bits per heavy atom. The number of carbonyl (C=O) groups excluding carboxylic acids is 3. The second-order valence-corrected chi connectivity index (χ2v) is 13.2. The van der Waals surface area contributed by atoms with Crippen LogP contribution in [0.25, 0.3) is 0 Å². The Morgan fingerprint density at radius 1 is 0.915 bits per heavy atom. The van der Waals surface area contributed by atoms with Gasteiger partial charge in [-0.05, 0) is 73.3 Å². The van der Waals surface area contributed by atoms with E-state index in [-0.39, 0.29) is 18.0 Å². The van der Waals surface area contributed by atoms with Gasteiger partial charge in [0.1, 0.15) is 6.04 Å². The van der Waals surface area contributed by atoms with Crippen LogP contribution in [-0.4, -0.2) is 115 Å². The molecule has 0 radical (unpaired) electrons. The van der Waals surface area contributed by atoms with Gasteiger partial charge < -0.3 is 30.5 Å². The monoisotopic (exact) mass is 646 g/mol. The third kappa shape index (κ3) is 9.05. The van der Waals surface area contributed by atoms with Gasteiger partial charge in [0, 0.05) is 70.0 Å². The minimum atomic E-state index is -0.639. The first-order valence-corrected chi connectivity index (χ1v) is 17.7. The second kappa shape index (κ2) is 17.0. The molecule has 5 rings (SSSR count). The first-order chi connectivity index (χ1) is 22.9. The van der Waals surface area contributed by atoms with Crippen LogP contribution in [-0.2, 0) is 40.0 Å². The molecule has 2 aromatic rings. The van der Waals surface area contributed by atoms with Crippen LogP contribution >= 0.6 is 0 Å². The highest BCUT2D eigenvalue weighted by Gasteiger charge is 2.34. The molecule has 3 aliphatic rings. The molecule has 0 unspecified atom stereocenters. The van der Waals surface area contributed by atoms with Crippen molar-refractivity contribution in [1.29, 1.82) is 0 Å². The Morgan fingerprint density at radius 3 is 2.26 bits per heavy atom. The largest absolute Gasteiger partial charge is 0.399 e. The van der Waals surface area contributed by atoms with Gasteiger partial charge in [0.25, 0.3) is 0 Å². The number of carbonyl (C=O) groups is 3. The van der Waals surface area contributed by atoms with Crippen LogP contribution in [0.4, 0.5) is 10.5 Å². The number of anilines is 1. The van der Waals surface area contributed by atoms with Crippen molar-refractivity contribution in [3.05, 3.63) is 64.7 Å². The highest BCUT2D eigenvalue weighted by molar-refractivity contribution is 5.87. The first kappa shape index (κ1) is 34.7. The minimum absolute atomic E-state index is 0.00130. The molecule has 3 fully saturated rings. The maximum absolute atomic E-state index is 14.1. The lowest BCUT2D eigenvalue weighted by molar-refractivity contribution is -0.135. The quantitative estimate of drug-likeness (QED) is 0.270. The maximum atomic E-state index is 14.1. The molecule has 47 heavy (non-hydrogen) atoms. The van der Waals surface area contributed by atoms with E-state index in [2.05, 4.69) is 42.3 Å². The number of piperidine rings is 2. The van der Waals surface area contributed by atoms with Gasteiger partial charge in [-0.3, -0.25) is 14.5 Å². The average Bonchev–Trinajstić information content (AvgIpc) is 3.12. The number of rotatable bonds is 12. The molecule has 0 bridgehead atoms. The van der Waals surface area contributed by atoms with E-state index in [4.69, 9.17) is 10.5 Å². The number of nitrogens with zero attached hydrogens (tertiary/aromatic N) is 4. The fraction of sp³-hybridized carbons (Fsp3) is 0.595. The zero-order valence-corrected chi connectivity index (χ0v) is 28.4. The summed E-state index contributed by atoms with van der Waals surface area (Å²) in [7, 11) is 0. The predicted molar refractivity (Wildman–Crippen MR) is 185 cm³/mol. The topological polar surface area (TPSA) is 111 Å². The molecule has 4 amide bonds. The van der Waals surface area contributed by atoms with E-state index >= 15 is 0 Å². The van der Waals surface area contributed by atoms with Gasteiger partial charge in [-0.15, -0.1) is 0 Å². The number of likely N-dealkylation sites (tertiary alicyclic amines) is 2. The summed E-state index contributed by atoms with van der Waals surface area (Å²) >= 11 is 0. The number of para-hydroxylation sites is 1. The zero-order valence-electron chi connectivity index (χ0n) is 28.4. The molecular formula is C37H54N6O4. The molecule has 3 N–H and O–H groups in total. The van der Waals surface area contributed by atoms with Gasteiger partial charge in [0.15, 0.2) is 0 Å². The Kier molecular flexibility index (Phi) is 12.5. The Balaban J connectivity index is 1.20. The van der Waals surface area contributed by atoms with E-state index in [0.717, 1.165) is 75.2 Å². The van der Waals surface area contributed by atoms with Gasteiger partial charge >= 0.3 is 6.03 Å². The smallest absolute Gasteiger partial charge is 0.318 e. The molecule has 1 atom stereocenters. The van der Waals surface area contributed by atoms with Crippen molar-refractivity contribution in [2.45, 2.75) is 83.3 Å². The third-order valence-corrected chi connectivity index (χ3v) is 10.5.